The first-order chi connectivity index (χ1) is 15.2. The van der Waals surface area contributed by atoms with Gasteiger partial charge in [-0.1, -0.05) is 58.9 Å². The van der Waals surface area contributed by atoms with E-state index in [9.17, 15) is 20.1 Å². The third-order valence-electron chi connectivity index (χ3n) is 9.48. The van der Waals surface area contributed by atoms with Gasteiger partial charge in [-0.25, -0.2) is 4.68 Å². The molecular formula is C26H37N3O4. The molecule has 1 spiro atoms. The molecule has 2 fully saturated rings. The molecule has 7 nitrogen and oxygen atoms in total. The number of hydrogen-bond donors (Lipinski definition) is 3. The van der Waals surface area contributed by atoms with Crippen LogP contribution >= 0.6 is 0 Å². The number of carbonyl (C=O) groups excluding carboxylic acids is 1. The topological polar surface area (TPSA) is 108 Å². The molecule has 1 aromatic heterocycles. The second-order valence-corrected chi connectivity index (χ2v) is 12.6. The number of aliphatic hydroxyl groups excluding tert-OH is 2. The first-order valence-corrected chi connectivity index (χ1v) is 12.1. The molecule has 180 valence electrons. The number of nitrogens with zero attached hydrogens (tertiary/aromatic N) is 3. The molecule has 1 aromatic rings. The Balaban J connectivity index is 1.73. The molecule has 8 atom stereocenters. The average Bonchev–Trinajstić information content (AvgIpc) is 3.05. The number of aromatic nitrogens is 3. The van der Waals surface area contributed by atoms with Crippen LogP contribution in [0.4, 0.5) is 0 Å². The van der Waals surface area contributed by atoms with Crippen molar-refractivity contribution in [3.63, 3.8) is 0 Å². The molecule has 3 N–H and O–H groups in total. The van der Waals surface area contributed by atoms with E-state index in [1.54, 1.807) is 10.8 Å². The molecule has 33 heavy (non-hydrogen) atoms. The zero-order valence-corrected chi connectivity index (χ0v) is 20.7. The summed E-state index contributed by atoms with van der Waals surface area (Å²) in [5.41, 5.74) is -1.49. The van der Waals surface area contributed by atoms with E-state index >= 15 is 0 Å². The summed E-state index contributed by atoms with van der Waals surface area (Å²) in [6, 6.07) is -0.765. The quantitative estimate of drug-likeness (QED) is 0.592. The Morgan fingerprint density at radius 2 is 1.94 bits per heavy atom. The predicted molar refractivity (Wildman–Crippen MR) is 123 cm³/mol. The summed E-state index contributed by atoms with van der Waals surface area (Å²) in [7, 11) is 0. The Hall–Kier alpha value is -1.83. The Bertz CT molecular complexity index is 1080. The highest BCUT2D eigenvalue weighted by Crippen LogP contribution is 2.72. The van der Waals surface area contributed by atoms with Crippen molar-refractivity contribution in [2.24, 2.45) is 34.5 Å². The molecule has 4 aliphatic rings. The summed E-state index contributed by atoms with van der Waals surface area (Å²) in [6.07, 6.45) is 4.88. The largest absolute Gasteiger partial charge is 0.392 e. The van der Waals surface area contributed by atoms with Gasteiger partial charge in [0.05, 0.1) is 17.7 Å². The van der Waals surface area contributed by atoms with Gasteiger partial charge < -0.3 is 15.3 Å². The molecular weight excluding hydrogens is 418 g/mol. The van der Waals surface area contributed by atoms with Crippen molar-refractivity contribution in [3.8, 4) is 0 Å². The minimum Gasteiger partial charge on any atom is -0.392 e. The van der Waals surface area contributed by atoms with E-state index in [0.29, 0.717) is 11.5 Å². The lowest BCUT2D eigenvalue weighted by Crippen LogP contribution is -2.63. The normalized spacial score (nSPS) is 43.8. The highest BCUT2D eigenvalue weighted by Gasteiger charge is 2.76. The highest BCUT2D eigenvalue weighted by molar-refractivity contribution is 5.95. The van der Waals surface area contributed by atoms with Gasteiger partial charge in [-0.3, -0.25) is 4.79 Å². The van der Waals surface area contributed by atoms with Crippen molar-refractivity contribution in [2.45, 2.75) is 78.0 Å². The van der Waals surface area contributed by atoms with Gasteiger partial charge in [0.2, 0.25) is 0 Å². The van der Waals surface area contributed by atoms with Gasteiger partial charge in [-0.2, -0.15) is 0 Å². The van der Waals surface area contributed by atoms with Gasteiger partial charge in [0, 0.05) is 17.5 Å². The van der Waals surface area contributed by atoms with Crippen LogP contribution in [0, 0.1) is 34.5 Å². The van der Waals surface area contributed by atoms with E-state index < -0.39 is 35.7 Å². The molecule has 0 unspecified atom stereocenters. The number of allylic oxidation sites excluding steroid dienone is 1. The lowest BCUT2D eigenvalue weighted by Gasteiger charge is -2.49. The molecule has 7 heteroatoms. The van der Waals surface area contributed by atoms with E-state index in [0.717, 1.165) is 17.7 Å². The minimum atomic E-state index is -1.87. The molecule has 2 bridgehead atoms. The Labute approximate surface area is 195 Å². The fourth-order valence-corrected chi connectivity index (χ4v) is 7.59. The molecule has 0 saturated heterocycles. The van der Waals surface area contributed by atoms with Crippen molar-refractivity contribution in [1.82, 2.24) is 15.0 Å². The number of rotatable bonds is 2. The van der Waals surface area contributed by atoms with Crippen molar-refractivity contribution in [3.05, 3.63) is 35.2 Å². The summed E-state index contributed by atoms with van der Waals surface area (Å²) in [5.74, 6) is -0.154. The summed E-state index contributed by atoms with van der Waals surface area (Å²) in [5, 5.41) is 43.2. The maximum absolute atomic E-state index is 14.4. The van der Waals surface area contributed by atoms with Gasteiger partial charge in [0.25, 0.3) is 0 Å². The van der Waals surface area contributed by atoms with Crippen molar-refractivity contribution >= 4 is 5.78 Å². The van der Waals surface area contributed by atoms with Crippen molar-refractivity contribution < 1.29 is 20.1 Å². The van der Waals surface area contributed by atoms with Gasteiger partial charge in [0.1, 0.15) is 17.7 Å². The molecule has 0 aliphatic heterocycles. The van der Waals surface area contributed by atoms with Crippen LogP contribution in [0.1, 0.15) is 66.6 Å². The third-order valence-corrected chi connectivity index (χ3v) is 9.48. The van der Waals surface area contributed by atoms with Gasteiger partial charge in [0.15, 0.2) is 5.78 Å². The standard InChI is InChI=1S/C26H37N3O4/c1-13-10-25-14(2)8-17-19(24(17,6)7)16(22(25)32)9-15(12-30)21(31)26(25,33)20(13)29-11-18(27-28-29)23(3,4)5/h9-11,14,16-17,19-21,30-31,33H,8,12H2,1-7H3/t14-,16+,17-,19+,20+,21-,25+,26-/m1/s1. The van der Waals surface area contributed by atoms with E-state index in [1.165, 1.54) is 0 Å². The van der Waals surface area contributed by atoms with Crippen LogP contribution in [0.2, 0.25) is 0 Å². The maximum Gasteiger partial charge on any atom is 0.153 e. The first-order valence-electron chi connectivity index (χ1n) is 12.1. The smallest absolute Gasteiger partial charge is 0.153 e. The average molecular weight is 456 g/mol. The van der Waals surface area contributed by atoms with E-state index in [-0.39, 0.29) is 28.4 Å². The lowest BCUT2D eigenvalue weighted by atomic mass is 9.58. The molecule has 0 amide bonds. The van der Waals surface area contributed by atoms with Gasteiger partial charge >= 0.3 is 0 Å². The molecule has 1 heterocycles. The molecule has 4 aliphatic carbocycles. The van der Waals surface area contributed by atoms with Crippen LogP contribution in [0.3, 0.4) is 0 Å². The third kappa shape index (κ3) is 2.64. The van der Waals surface area contributed by atoms with Crippen molar-refractivity contribution in [1.29, 1.82) is 0 Å². The summed E-state index contributed by atoms with van der Waals surface area (Å²) >= 11 is 0. The monoisotopic (exact) mass is 455 g/mol. The second-order valence-electron chi connectivity index (χ2n) is 12.6. The number of hydrogen-bond acceptors (Lipinski definition) is 6. The Morgan fingerprint density at radius 3 is 2.52 bits per heavy atom. The van der Waals surface area contributed by atoms with Crippen molar-refractivity contribution in [2.75, 3.05) is 6.61 Å². The second kappa shape index (κ2) is 6.64. The lowest BCUT2D eigenvalue weighted by molar-refractivity contribution is -0.175. The van der Waals surface area contributed by atoms with Crippen LogP contribution in [0.5, 0.6) is 0 Å². The summed E-state index contributed by atoms with van der Waals surface area (Å²) in [4.78, 5) is 14.4. The summed E-state index contributed by atoms with van der Waals surface area (Å²) in [6.45, 7) is 14.0. The summed E-state index contributed by atoms with van der Waals surface area (Å²) < 4.78 is 1.61. The molecule has 2 saturated carbocycles. The number of aliphatic hydroxyl groups is 3. The minimum absolute atomic E-state index is 0.0188. The number of fused-ring (bicyclic) bond motifs is 3. The van der Waals surface area contributed by atoms with Crippen LogP contribution < -0.4 is 0 Å². The van der Waals surface area contributed by atoms with Crippen LogP contribution in [-0.2, 0) is 10.2 Å². The molecule has 5 rings (SSSR count). The van der Waals surface area contributed by atoms with Crippen LogP contribution in [0.25, 0.3) is 0 Å². The Kier molecular flexibility index (Phi) is 4.62. The highest BCUT2D eigenvalue weighted by atomic mass is 16.3. The van der Waals surface area contributed by atoms with E-state index in [2.05, 4.69) is 24.2 Å². The maximum atomic E-state index is 14.4. The predicted octanol–water partition coefficient (Wildman–Crippen LogP) is 2.58. The number of Topliss-reactive ketones (excluding diaryl/α,β-unsaturated/α-hetero) is 1. The fraction of sp³-hybridized carbons (Fsp3) is 0.731. The fourth-order valence-electron chi connectivity index (χ4n) is 7.59. The van der Waals surface area contributed by atoms with E-state index in [1.807, 2.05) is 46.9 Å². The molecule has 0 aromatic carbocycles. The zero-order valence-electron chi connectivity index (χ0n) is 20.7. The van der Waals surface area contributed by atoms with Crippen LogP contribution in [-0.4, -0.2) is 54.4 Å². The Morgan fingerprint density at radius 1 is 1.27 bits per heavy atom. The SMILES string of the molecule is CC1=C[C@]23C(=O)[C@@H](C=C(CO)[C@@H](O)[C@]2(O)[C@H]1n1cc(C(C)(C)C)nn1)[C@H]1[C@@H](C[C@H]3C)C1(C)C. The first kappa shape index (κ1) is 22.9. The zero-order chi connectivity index (χ0) is 24.3. The number of carbonyl (C=O) groups is 1. The molecule has 0 radical (unpaired) electrons. The van der Waals surface area contributed by atoms with E-state index in [4.69, 9.17) is 0 Å². The van der Waals surface area contributed by atoms with Gasteiger partial charge in [-0.15, -0.1) is 5.10 Å². The van der Waals surface area contributed by atoms with Gasteiger partial charge in [-0.05, 0) is 47.7 Å². The number of ketones is 1. The van der Waals surface area contributed by atoms with Crippen LogP contribution in [0.15, 0.2) is 29.5 Å².